The van der Waals surface area contributed by atoms with Gasteiger partial charge in [0.15, 0.2) is 17.5 Å². The van der Waals surface area contributed by atoms with E-state index in [4.69, 9.17) is 4.74 Å². The lowest BCUT2D eigenvalue weighted by atomic mass is 10.0. The smallest absolute Gasteiger partial charge is 0.343 e. The summed E-state index contributed by atoms with van der Waals surface area (Å²) in [6.45, 7) is 1.99. The summed E-state index contributed by atoms with van der Waals surface area (Å²) in [6, 6.07) is 9.11. The monoisotopic (exact) mass is 444 g/mol. The Hall–Kier alpha value is -3.66. The van der Waals surface area contributed by atoms with Gasteiger partial charge in [0, 0.05) is 17.7 Å². The average Bonchev–Trinajstić information content (AvgIpc) is 2.75. The van der Waals surface area contributed by atoms with Crippen LogP contribution in [0.15, 0.2) is 48.5 Å². The number of esters is 1. The molecule has 2 nitrogen and oxygen atoms in total. The van der Waals surface area contributed by atoms with Crippen molar-refractivity contribution in [3.8, 4) is 17.6 Å². The molecule has 3 aromatic carbocycles. The Bertz CT molecular complexity index is 1160. The molecule has 0 radical (unpaired) electrons. The van der Waals surface area contributed by atoms with Crippen molar-refractivity contribution in [1.82, 2.24) is 0 Å². The molecule has 164 valence electrons. The summed E-state index contributed by atoms with van der Waals surface area (Å²) in [4.78, 5) is 12.1. The minimum atomic E-state index is -1.67. The molecule has 0 spiro atoms. The molecular formula is C25H17F5O2. The summed E-state index contributed by atoms with van der Waals surface area (Å²) in [6.07, 6.45) is 2.31. The fraction of sp³-hybridized carbons (Fsp3) is 0.160. The SMILES string of the molecule is CCCCc1cc(F)c(C#Cc2ccc(C(=O)Oc3cc(F)c(F)c(F)c3)cc2)c(F)c1. The molecule has 0 saturated heterocycles. The highest BCUT2D eigenvalue weighted by atomic mass is 19.2. The van der Waals surface area contributed by atoms with E-state index in [1.807, 2.05) is 6.92 Å². The number of aryl methyl sites for hydroxylation is 1. The van der Waals surface area contributed by atoms with Crippen molar-refractivity contribution in [2.75, 3.05) is 0 Å². The summed E-state index contributed by atoms with van der Waals surface area (Å²) in [5.74, 6) is -2.51. The van der Waals surface area contributed by atoms with Crippen LogP contribution in [0.2, 0.25) is 0 Å². The van der Waals surface area contributed by atoms with E-state index in [0.29, 0.717) is 29.7 Å². The number of unbranched alkanes of at least 4 members (excludes halogenated alkanes) is 1. The molecular weight excluding hydrogens is 427 g/mol. The summed E-state index contributed by atoms with van der Waals surface area (Å²) in [5, 5.41) is 0. The molecule has 3 aromatic rings. The van der Waals surface area contributed by atoms with E-state index < -0.39 is 40.8 Å². The second kappa shape index (κ2) is 10.1. The number of carbonyl (C=O) groups is 1. The van der Waals surface area contributed by atoms with Crippen LogP contribution in [0.3, 0.4) is 0 Å². The maximum atomic E-state index is 14.2. The molecule has 0 aliphatic carbocycles. The van der Waals surface area contributed by atoms with Gasteiger partial charge in [-0.15, -0.1) is 0 Å². The number of carbonyl (C=O) groups excluding carboxylic acids is 1. The lowest BCUT2D eigenvalue weighted by molar-refractivity contribution is 0.0733. The number of benzene rings is 3. The first-order valence-electron chi connectivity index (χ1n) is 9.75. The molecule has 0 aliphatic rings. The molecule has 0 fully saturated rings. The predicted octanol–water partition coefficient (Wildman–Crippen LogP) is 6.34. The first kappa shape index (κ1) is 23.0. The van der Waals surface area contributed by atoms with E-state index in [1.165, 1.54) is 36.4 Å². The van der Waals surface area contributed by atoms with Crippen LogP contribution in [0.5, 0.6) is 5.75 Å². The molecule has 0 aromatic heterocycles. The molecule has 0 amide bonds. The quantitative estimate of drug-likeness (QED) is 0.151. The molecule has 7 heteroatoms. The van der Waals surface area contributed by atoms with Crippen molar-refractivity contribution in [2.24, 2.45) is 0 Å². The molecule has 0 atom stereocenters. The standard InChI is InChI=1S/C25H17F5O2/c1-2-3-4-16-11-20(26)19(21(27)12-16)10-7-15-5-8-17(9-6-15)25(31)32-18-13-22(28)24(30)23(29)14-18/h5-6,8-9,11-14H,2-4H2,1H3. The maximum absolute atomic E-state index is 14.2. The molecule has 3 rings (SSSR count). The normalized spacial score (nSPS) is 10.4. The van der Waals surface area contributed by atoms with Crippen molar-refractivity contribution in [3.63, 3.8) is 0 Å². The zero-order chi connectivity index (χ0) is 23.3. The molecule has 0 bridgehead atoms. The number of hydrogen-bond donors (Lipinski definition) is 0. The number of rotatable bonds is 5. The Balaban J connectivity index is 1.73. The molecule has 0 N–H and O–H groups in total. The van der Waals surface area contributed by atoms with Crippen LogP contribution in [-0.4, -0.2) is 5.97 Å². The van der Waals surface area contributed by atoms with Crippen LogP contribution in [0.4, 0.5) is 22.0 Å². The van der Waals surface area contributed by atoms with Crippen LogP contribution >= 0.6 is 0 Å². The van der Waals surface area contributed by atoms with Crippen LogP contribution in [0, 0.1) is 40.9 Å². The van der Waals surface area contributed by atoms with E-state index in [1.54, 1.807) is 0 Å². The lowest BCUT2D eigenvalue weighted by Gasteiger charge is -2.05. The van der Waals surface area contributed by atoms with Gasteiger partial charge in [-0.2, -0.15) is 0 Å². The third kappa shape index (κ3) is 5.52. The second-order valence-corrected chi connectivity index (χ2v) is 6.96. The van der Waals surface area contributed by atoms with Crippen molar-refractivity contribution in [2.45, 2.75) is 26.2 Å². The van der Waals surface area contributed by atoms with Crippen molar-refractivity contribution in [3.05, 3.63) is 99.9 Å². The van der Waals surface area contributed by atoms with Crippen LogP contribution in [0.25, 0.3) is 0 Å². The minimum absolute atomic E-state index is 0.0262. The Morgan fingerprint density at radius 1 is 0.844 bits per heavy atom. The Kier molecular flexibility index (Phi) is 7.26. The van der Waals surface area contributed by atoms with Gasteiger partial charge >= 0.3 is 5.97 Å². The van der Waals surface area contributed by atoms with E-state index >= 15 is 0 Å². The lowest BCUT2D eigenvalue weighted by Crippen LogP contribution is -2.09. The highest BCUT2D eigenvalue weighted by Gasteiger charge is 2.15. The predicted molar refractivity (Wildman–Crippen MR) is 109 cm³/mol. The van der Waals surface area contributed by atoms with Gasteiger partial charge in [0.05, 0.1) is 11.1 Å². The van der Waals surface area contributed by atoms with Gasteiger partial charge < -0.3 is 4.74 Å². The highest BCUT2D eigenvalue weighted by Crippen LogP contribution is 2.21. The van der Waals surface area contributed by atoms with Crippen LogP contribution in [0.1, 0.15) is 46.8 Å². The van der Waals surface area contributed by atoms with Crippen molar-refractivity contribution < 1.29 is 31.5 Å². The van der Waals surface area contributed by atoms with Crippen molar-refractivity contribution in [1.29, 1.82) is 0 Å². The van der Waals surface area contributed by atoms with Crippen LogP contribution < -0.4 is 4.74 Å². The molecule has 0 unspecified atom stereocenters. The Morgan fingerprint density at radius 3 is 2.00 bits per heavy atom. The van der Waals surface area contributed by atoms with Gasteiger partial charge in [0.25, 0.3) is 0 Å². The fourth-order valence-corrected chi connectivity index (χ4v) is 2.85. The van der Waals surface area contributed by atoms with Gasteiger partial charge in [-0.05, 0) is 54.8 Å². The van der Waals surface area contributed by atoms with E-state index in [-0.39, 0.29) is 11.1 Å². The van der Waals surface area contributed by atoms with Gasteiger partial charge in [0.1, 0.15) is 17.4 Å². The number of hydrogen-bond acceptors (Lipinski definition) is 2. The van der Waals surface area contributed by atoms with Gasteiger partial charge in [0.2, 0.25) is 0 Å². The topological polar surface area (TPSA) is 26.3 Å². The van der Waals surface area contributed by atoms with Crippen LogP contribution in [-0.2, 0) is 6.42 Å². The molecule has 0 heterocycles. The van der Waals surface area contributed by atoms with Gasteiger partial charge in [-0.3, -0.25) is 0 Å². The Morgan fingerprint density at radius 2 is 1.44 bits per heavy atom. The first-order valence-corrected chi connectivity index (χ1v) is 9.75. The zero-order valence-corrected chi connectivity index (χ0v) is 16.9. The first-order chi connectivity index (χ1) is 15.3. The third-order valence-corrected chi connectivity index (χ3v) is 4.54. The summed E-state index contributed by atoms with van der Waals surface area (Å²) in [5.41, 5.74) is 0.609. The zero-order valence-electron chi connectivity index (χ0n) is 16.9. The average molecular weight is 444 g/mol. The Labute approximate surface area is 181 Å². The maximum Gasteiger partial charge on any atom is 0.343 e. The van der Waals surface area contributed by atoms with E-state index in [0.717, 1.165) is 12.8 Å². The molecule has 0 saturated carbocycles. The molecule has 32 heavy (non-hydrogen) atoms. The second-order valence-electron chi connectivity index (χ2n) is 6.96. The summed E-state index contributed by atoms with van der Waals surface area (Å²) in [7, 11) is 0. The van der Waals surface area contributed by atoms with Crippen molar-refractivity contribution >= 4 is 5.97 Å². The number of ether oxygens (including phenoxy) is 1. The van der Waals surface area contributed by atoms with E-state index in [9.17, 15) is 26.7 Å². The highest BCUT2D eigenvalue weighted by molar-refractivity contribution is 5.91. The van der Waals surface area contributed by atoms with Gasteiger partial charge in [-0.1, -0.05) is 25.2 Å². The fourth-order valence-electron chi connectivity index (χ4n) is 2.85. The molecule has 0 aliphatic heterocycles. The minimum Gasteiger partial charge on any atom is -0.423 e. The largest absolute Gasteiger partial charge is 0.423 e. The number of halogens is 5. The van der Waals surface area contributed by atoms with E-state index in [2.05, 4.69) is 11.8 Å². The third-order valence-electron chi connectivity index (χ3n) is 4.54. The summed E-state index contributed by atoms with van der Waals surface area (Å²) >= 11 is 0. The summed E-state index contributed by atoms with van der Waals surface area (Å²) < 4.78 is 72.7. The van der Waals surface area contributed by atoms with Gasteiger partial charge in [-0.25, -0.2) is 26.7 Å².